The Bertz CT molecular complexity index is 580. The van der Waals surface area contributed by atoms with Gasteiger partial charge >= 0.3 is 0 Å². The molecule has 0 saturated carbocycles. The third kappa shape index (κ3) is 2.16. The summed E-state index contributed by atoms with van der Waals surface area (Å²) >= 11 is 0. The zero-order valence-corrected chi connectivity index (χ0v) is 11.6. The maximum absolute atomic E-state index is 5.42. The van der Waals surface area contributed by atoms with Crippen LogP contribution in [0.25, 0.3) is 11.4 Å². The molecule has 0 bridgehead atoms. The Hall–Kier alpha value is -1.69. The molecule has 0 spiro atoms. The van der Waals surface area contributed by atoms with Crippen LogP contribution in [-0.2, 0) is 7.05 Å². The largest absolute Gasteiger partial charge is 0.337 e. The van der Waals surface area contributed by atoms with Crippen molar-refractivity contribution in [2.24, 2.45) is 7.05 Å². The highest BCUT2D eigenvalue weighted by molar-refractivity contribution is 5.60. The fourth-order valence-electron chi connectivity index (χ4n) is 2.64. The number of aromatic nitrogens is 4. The Balaban J connectivity index is 1.92. The van der Waals surface area contributed by atoms with E-state index in [-0.39, 0.29) is 6.04 Å². The smallest absolute Gasteiger partial charge is 0.244 e. The second-order valence-corrected chi connectivity index (χ2v) is 5.13. The van der Waals surface area contributed by atoms with Crippen LogP contribution in [0.2, 0.25) is 0 Å². The molecule has 6 nitrogen and oxygen atoms in total. The summed E-state index contributed by atoms with van der Waals surface area (Å²) in [5.41, 5.74) is 2.97. The number of aryl methyl sites for hydroxylation is 2. The summed E-state index contributed by atoms with van der Waals surface area (Å²) < 4.78 is 7.26. The van der Waals surface area contributed by atoms with Crippen molar-refractivity contribution in [2.45, 2.75) is 39.2 Å². The predicted octanol–water partition coefficient (Wildman–Crippen LogP) is 1.90. The van der Waals surface area contributed by atoms with Crippen LogP contribution in [0, 0.1) is 13.8 Å². The zero-order chi connectivity index (χ0) is 13.4. The molecular formula is C13H19N5O. The molecular weight excluding hydrogens is 242 g/mol. The van der Waals surface area contributed by atoms with Gasteiger partial charge in [-0.25, -0.2) is 0 Å². The van der Waals surface area contributed by atoms with Gasteiger partial charge in [0.1, 0.15) is 0 Å². The van der Waals surface area contributed by atoms with Crippen LogP contribution >= 0.6 is 0 Å². The van der Waals surface area contributed by atoms with Gasteiger partial charge in [0.25, 0.3) is 0 Å². The maximum atomic E-state index is 5.42. The highest BCUT2D eigenvalue weighted by atomic mass is 16.5. The number of hydrogen-bond donors (Lipinski definition) is 1. The van der Waals surface area contributed by atoms with Crippen molar-refractivity contribution in [3.8, 4) is 11.4 Å². The average Bonchev–Trinajstić information content (AvgIpc) is 2.97. The molecule has 3 rings (SSSR count). The first-order chi connectivity index (χ1) is 9.16. The number of nitrogens with one attached hydrogen (secondary N) is 1. The van der Waals surface area contributed by atoms with Crippen molar-refractivity contribution in [1.29, 1.82) is 0 Å². The van der Waals surface area contributed by atoms with Crippen LogP contribution in [-0.4, -0.2) is 26.5 Å². The molecule has 1 N–H and O–H groups in total. The van der Waals surface area contributed by atoms with Crippen LogP contribution in [0.3, 0.4) is 0 Å². The number of rotatable bonds is 2. The molecule has 0 unspecified atom stereocenters. The van der Waals surface area contributed by atoms with Gasteiger partial charge in [0.2, 0.25) is 11.7 Å². The van der Waals surface area contributed by atoms with Crippen molar-refractivity contribution in [3.05, 3.63) is 17.3 Å². The molecule has 1 saturated heterocycles. The Labute approximate surface area is 112 Å². The van der Waals surface area contributed by atoms with Crippen LogP contribution in [0.1, 0.15) is 42.6 Å². The number of piperidine rings is 1. The molecule has 0 radical (unpaired) electrons. The number of hydrogen-bond acceptors (Lipinski definition) is 5. The summed E-state index contributed by atoms with van der Waals surface area (Å²) in [5.74, 6) is 1.34. The van der Waals surface area contributed by atoms with E-state index in [2.05, 4.69) is 20.6 Å². The van der Waals surface area contributed by atoms with Gasteiger partial charge in [-0.05, 0) is 33.2 Å². The van der Waals surface area contributed by atoms with E-state index < -0.39 is 0 Å². The molecule has 19 heavy (non-hydrogen) atoms. The maximum Gasteiger partial charge on any atom is 0.244 e. The van der Waals surface area contributed by atoms with E-state index in [9.17, 15) is 0 Å². The summed E-state index contributed by atoms with van der Waals surface area (Å²) in [6.07, 6.45) is 3.49. The van der Waals surface area contributed by atoms with Gasteiger partial charge in [-0.1, -0.05) is 11.6 Å². The lowest BCUT2D eigenvalue weighted by Gasteiger charge is -2.19. The summed E-state index contributed by atoms with van der Waals surface area (Å²) in [6, 6.07) is 0.201. The van der Waals surface area contributed by atoms with E-state index in [1.54, 1.807) is 0 Å². The average molecular weight is 261 g/mol. The van der Waals surface area contributed by atoms with Crippen LogP contribution < -0.4 is 5.32 Å². The van der Waals surface area contributed by atoms with Gasteiger partial charge in [-0.3, -0.25) is 4.68 Å². The Morgan fingerprint density at radius 2 is 2.16 bits per heavy atom. The first-order valence-electron chi connectivity index (χ1n) is 6.74. The van der Waals surface area contributed by atoms with Crippen LogP contribution in [0.4, 0.5) is 0 Å². The molecule has 1 fully saturated rings. The third-order valence-corrected chi connectivity index (χ3v) is 3.78. The van der Waals surface area contributed by atoms with E-state index >= 15 is 0 Å². The predicted molar refractivity (Wildman–Crippen MR) is 70.6 cm³/mol. The monoisotopic (exact) mass is 261 g/mol. The zero-order valence-electron chi connectivity index (χ0n) is 11.6. The van der Waals surface area contributed by atoms with E-state index in [4.69, 9.17) is 4.52 Å². The van der Waals surface area contributed by atoms with Crippen molar-refractivity contribution in [1.82, 2.24) is 25.2 Å². The summed E-state index contributed by atoms with van der Waals surface area (Å²) in [5, 5.41) is 11.9. The van der Waals surface area contributed by atoms with Crippen molar-refractivity contribution in [2.75, 3.05) is 6.54 Å². The van der Waals surface area contributed by atoms with Crippen LogP contribution in [0.15, 0.2) is 4.52 Å². The van der Waals surface area contributed by atoms with Gasteiger partial charge in [0.15, 0.2) is 0 Å². The Morgan fingerprint density at radius 1 is 1.32 bits per heavy atom. The van der Waals surface area contributed by atoms with E-state index in [1.807, 2.05) is 25.6 Å². The van der Waals surface area contributed by atoms with Crippen molar-refractivity contribution >= 4 is 0 Å². The molecule has 0 amide bonds. The second-order valence-electron chi connectivity index (χ2n) is 5.13. The van der Waals surface area contributed by atoms with Crippen molar-refractivity contribution in [3.63, 3.8) is 0 Å². The van der Waals surface area contributed by atoms with E-state index in [1.165, 1.54) is 12.8 Å². The molecule has 6 heteroatoms. The highest BCUT2D eigenvalue weighted by Gasteiger charge is 2.23. The Morgan fingerprint density at radius 3 is 2.79 bits per heavy atom. The first kappa shape index (κ1) is 12.3. The minimum Gasteiger partial charge on any atom is -0.337 e. The van der Waals surface area contributed by atoms with Gasteiger partial charge in [0, 0.05) is 12.7 Å². The molecule has 0 aromatic carbocycles. The van der Waals surface area contributed by atoms with E-state index in [0.717, 1.165) is 29.9 Å². The SMILES string of the molecule is Cc1nn(C)c(C)c1-c1noc([C@H]2CCCCN2)n1. The topological polar surface area (TPSA) is 68.8 Å². The molecule has 3 heterocycles. The fourth-order valence-corrected chi connectivity index (χ4v) is 2.64. The van der Waals surface area contributed by atoms with Gasteiger partial charge in [-0.15, -0.1) is 0 Å². The normalized spacial score (nSPS) is 19.8. The van der Waals surface area contributed by atoms with Gasteiger partial charge in [0.05, 0.1) is 17.3 Å². The molecule has 1 aliphatic heterocycles. The van der Waals surface area contributed by atoms with Gasteiger partial charge in [-0.2, -0.15) is 10.1 Å². The van der Waals surface area contributed by atoms with Crippen LogP contribution in [0.5, 0.6) is 0 Å². The lowest BCUT2D eigenvalue weighted by Crippen LogP contribution is -2.26. The molecule has 2 aromatic heterocycles. The first-order valence-corrected chi connectivity index (χ1v) is 6.74. The summed E-state index contributed by atoms with van der Waals surface area (Å²) in [7, 11) is 1.93. The fraction of sp³-hybridized carbons (Fsp3) is 0.615. The quantitative estimate of drug-likeness (QED) is 0.894. The standard InChI is InChI=1S/C13H19N5O/c1-8-11(9(2)18(3)16-8)12-15-13(19-17-12)10-6-4-5-7-14-10/h10,14H,4-7H2,1-3H3/t10-/m1/s1. The third-order valence-electron chi connectivity index (χ3n) is 3.78. The highest BCUT2D eigenvalue weighted by Crippen LogP contribution is 2.27. The molecule has 1 atom stereocenters. The van der Waals surface area contributed by atoms with E-state index in [0.29, 0.717) is 11.7 Å². The van der Waals surface area contributed by atoms with Crippen molar-refractivity contribution < 1.29 is 4.52 Å². The molecule has 102 valence electrons. The minimum absolute atomic E-state index is 0.201. The van der Waals surface area contributed by atoms with Gasteiger partial charge < -0.3 is 9.84 Å². The molecule has 0 aliphatic carbocycles. The second kappa shape index (κ2) is 4.77. The number of nitrogens with zero attached hydrogens (tertiary/aromatic N) is 4. The summed E-state index contributed by atoms with van der Waals surface area (Å²) in [4.78, 5) is 4.55. The minimum atomic E-state index is 0.201. The molecule has 1 aliphatic rings. The Kier molecular flexibility index (Phi) is 3.10. The lowest BCUT2D eigenvalue weighted by molar-refractivity contribution is 0.297. The molecule has 2 aromatic rings. The lowest BCUT2D eigenvalue weighted by atomic mass is 10.1. The summed E-state index contributed by atoms with van der Waals surface area (Å²) in [6.45, 7) is 5.01.